The fraction of sp³-hybridized carbons (Fsp3) is 0.647. The van der Waals surface area contributed by atoms with Gasteiger partial charge in [0.2, 0.25) is 0 Å². The summed E-state index contributed by atoms with van der Waals surface area (Å²) in [5.41, 5.74) is 3.26. The third-order valence-corrected chi connectivity index (χ3v) is 9.34. The molecule has 1 aromatic carbocycles. The summed E-state index contributed by atoms with van der Waals surface area (Å²) in [6, 6.07) is 6.08. The van der Waals surface area contributed by atoms with Crippen molar-refractivity contribution < 1.29 is 5.11 Å². The van der Waals surface area contributed by atoms with Gasteiger partial charge in [-0.05, 0) is 66.7 Å². The first-order valence-corrected chi connectivity index (χ1v) is 9.69. The van der Waals surface area contributed by atoms with E-state index in [4.69, 9.17) is 0 Å². The standard InChI is InChI=1S/C17H22OS2/c1-16-6-7-17(19-8-9-20-17)11-13(16)3-2-12-10-14(18)4-5-15(12)16/h4-5,10,13,18H,2-3,6-9,11H2,1H3/t13-,16-/m1/s1. The zero-order chi connectivity index (χ0) is 13.8. The number of hydrogen-bond donors (Lipinski definition) is 1. The second-order valence-electron chi connectivity index (χ2n) is 6.81. The molecule has 20 heavy (non-hydrogen) atoms. The molecule has 1 spiro atoms. The van der Waals surface area contributed by atoms with Crippen LogP contribution in [0.15, 0.2) is 18.2 Å². The molecule has 0 bridgehead atoms. The Morgan fingerprint density at radius 1 is 1.20 bits per heavy atom. The van der Waals surface area contributed by atoms with E-state index in [1.54, 1.807) is 0 Å². The monoisotopic (exact) mass is 306 g/mol. The van der Waals surface area contributed by atoms with E-state index in [0.29, 0.717) is 15.2 Å². The number of hydrogen-bond acceptors (Lipinski definition) is 3. The molecule has 0 radical (unpaired) electrons. The number of benzene rings is 1. The molecule has 4 rings (SSSR count). The first-order valence-electron chi connectivity index (χ1n) is 7.72. The highest BCUT2D eigenvalue weighted by Crippen LogP contribution is 2.61. The van der Waals surface area contributed by atoms with Gasteiger partial charge in [-0.1, -0.05) is 13.0 Å². The molecule has 2 atom stereocenters. The Morgan fingerprint density at radius 2 is 2.00 bits per heavy atom. The first kappa shape index (κ1) is 13.4. The van der Waals surface area contributed by atoms with Crippen molar-refractivity contribution in [2.45, 2.75) is 48.5 Å². The van der Waals surface area contributed by atoms with Crippen molar-refractivity contribution in [3.05, 3.63) is 29.3 Å². The molecule has 108 valence electrons. The highest BCUT2D eigenvalue weighted by atomic mass is 32.2. The minimum atomic E-state index is 0.343. The van der Waals surface area contributed by atoms with Crippen LogP contribution in [-0.2, 0) is 11.8 Å². The Morgan fingerprint density at radius 3 is 2.80 bits per heavy atom. The van der Waals surface area contributed by atoms with Gasteiger partial charge in [0, 0.05) is 11.5 Å². The van der Waals surface area contributed by atoms with Crippen molar-refractivity contribution in [3.8, 4) is 5.75 Å². The average molecular weight is 306 g/mol. The van der Waals surface area contributed by atoms with Crippen LogP contribution in [0, 0.1) is 5.92 Å². The quantitative estimate of drug-likeness (QED) is 0.758. The van der Waals surface area contributed by atoms with Gasteiger partial charge in [-0.2, -0.15) is 0 Å². The molecule has 2 fully saturated rings. The van der Waals surface area contributed by atoms with Crippen LogP contribution in [-0.4, -0.2) is 20.7 Å². The molecule has 1 N–H and O–H groups in total. The van der Waals surface area contributed by atoms with E-state index in [1.165, 1.54) is 48.3 Å². The molecular formula is C17H22OS2. The van der Waals surface area contributed by atoms with Gasteiger partial charge in [0.05, 0.1) is 4.08 Å². The van der Waals surface area contributed by atoms with Gasteiger partial charge in [0.25, 0.3) is 0 Å². The topological polar surface area (TPSA) is 20.2 Å². The number of aryl methyl sites for hydroxylation is 1. The lowest BCUT2D eigenvalue weighted by Gasteiger charge is -2.51. The van der Waals surface area contributed by atoms with E-state index >= 15 is 0 Å². The fourth-order valence-electron chi connectivity index (χ4n) is 4.57. The second-order valence-corrected chi connectivity index (χ2v) is 10.0. The highest BCUT2D eigenvalue weighted by Gasteiger charge is 2.51. The van der Waals surface area contributed by atoms with Crippen LogP contribution in [0.5, 0.6) is 5.75 Å². The Kier molecular flexibility index (Phi) is 3.08. The molecule has 3 heteroatoms. The van der Waals surface area contributed by atoms with Crippen LogP contribution >= 0.6 is 23.5 Å². The Bertz CT molecular complexity index is 536. The summed E-state index contributed by atoms with van der Waals surface area (Å²) in [6.45, 7) is 2.48. The van der Waals surface area contributed by atoms with Crippen molar-refractivity contribution >= 4 is 23.5 Å². The molecule has 0 aromatic heterocycles. The molecule has 1 saturated carbocycles. The third kappa shape index (κ3) is 1.93. The zero-order valence-electron chi connectivity index (χ0n) is 12.0. The number of phenolic OH excluding ortho intramolecular Hbond substituents is 1. The van der Waals surface area contributed by atoms with Gasteiger partial charge in [-0.25, -0.2) is 0 Å². The maximum absolute atomic E-state index is 9.73. The minimum Gasteiger partial charge on any atom is -0.508 e. The Hall–Kier alpha value is -0.280. The number of fused-ring (bicyclic) bond motifs is 3. The largest absolute Gasteiger partial charge is 0.508 e. The lowest BCUT2D eigenvalue weighted by molar-refractivity contribution is 0.175. The maximum atomic E-state index is 9.73. The molecule has 1 aromatic rings. The summed E-state index contributed by atoms with van der Waals surface area (Å²) in [6.07, 6.45) is 6.51. The summed E-state index contributed by atoms with van der Waals surface area (Å²) in [4.78, 5) is 0. The van der Waals surface area contributed by atoms with Gasteiger partial charge < -0.3 is 5.11 Å². The Labute approximate surface area is 129 Å². The van der Waals surface area contributed by atoms with Crippen LogP contribution in [0.25, 0.3) is 0 Å². The molecule has 0 unspecified atom stereocenters. The molecule has 1 aliphatic heterocycles. The van der Waals surface area contributed by atoms with E-state index in [-0.39, 0.29) is 0 Å². The smallest absolute Gasteiger partial charge is 0.115 e. The van der Waals surface area contributed by atoms with Crippen LogP contribution in [0.1, 0.15) is 43.7 Å². The molecule has 1 nitrogen and oxygen atoms in total. The number of phenols is 1. The molecule has 1 saturated heterocycles. The minimum absolute atomic E-state index is 0.343. The number of thioether (sulfide) groups is 2. The highest BCUT2D eigenvalue weighted by molar-refractivity contribution is 8.21. The van der Waals surface area contributed by atoms with Crippen LogP contribution in [0.4, 0.5) is 0 Å². The van der Waals surface area contributed by atoms with E-state index in [0.717, 1.165) is 12.3 Å². The maximum Gasteiger partial charge on any atom is 0.115 e. The van der Waals surface area contributed by atoms with Crippen molar-refractivity contribution in [1.29, 1.82) is 0 Å². The van der Waals surface area contributed by atoms with Gasteiger partial charge in [-0.15, -0.1) is 23.5 Å². The summed E-state index contributed by atoms with van der Waals surface area (Å²) in [5, 5.41) is 9.73. The zero-order valence-corrected chi connectivity index (χ0v) is 13.7. The normalized spacial score (nSPS) is 34.8. The molecular weight excluding hydrogens is 284 g/mol. The Balaban J connectivity index is 1.69. The summed E-state index contributed by atoms with van der Waals surface area (Å²) in [5.74, 6) is 3.95. The van der Waals surface area contributed by atoms with Crippen molar-refractivity contribution in [3.63, 3.8) is 0 Å². The first-order chi connectivity index (χ1) is 9.61. The fourth-order valence-corrected chi connectivity index (χ4v) is 7.94. The van der Waals surface area contributed by atoms with Gasteiger partial charge in [0.15, 0.2) is 0 Å². The van der Waals surface area contributed by atoms with Gasteiger partial charge in [0.1, 0.15) is 5.75 Å². The average Bonchev–Trinajstić information content (AvgIpc) is 2.88. The predicted octanol–water partition coefficient (Wildman–Crippen LogP) is 4.57. The van der Waals surface area contributed by atoms with E-state index in [9.17, 15) is 5.11 Å². The molecule has 1 heterocycles. The predicted molar refractivity (Wildman–Crippen MR) is 88.8 cm³/mol. The lowest BCUT2D eigenvalue weighted by Crippen LogP contribution is -2.45. The number of rotatable bonds is 0. The third-order valence-electron chi connectivity index (χ3n) is 5.76. The summed E-state index contributed by atoms with van der Waals surface area (Å²) < 4.78 is 0.540. The second kappa shape index (κ2) is 4.61. The molecule has 2 aliphatic carbocycles. The van der Waals surface area contributed by atoms with Crippen LogP contribution < -0.4 is 0 Å². The SMILES string of the molecule is C[C@@]12CCC3(C[C@H]1CCc1cc(O)ccc12)SCCS3. The molecule has 3 aliphatic rings. The number of aromatic hydroxyl groups is 1. The molecule has 0 amide bonds. The van der Waals surface area contributed by atoms with Crippen molar-refractivity contribution in [1.82, 2.24) is 0 Å². The van der Waals surface area contributed by atoms with Gasteiger partial charge >= 0.3 is 0 Å². The summed E-state index contributed by atoms with van der Waals surface area (Å²) >= 11 is 4.45. The van der Waals surface area contributed by atoms with E-state index in [2.05, 4.69) is 36.5 Å². The summed E-state index contributed by atoms with van der Waals surface area (Å²) in [7, 11) is 0. The van der Waals surface area contributed by atoms with Crippen LogP contribution in [0.3, 0.4) is 0 Å². The lowest BCUT2D eigenvalue weighted by atomic mass is 9.58. The van der Waals surface area contributed by atoms with E-state index in [1.807, 2.05) is 12.1 Å². The van der Waals surface area contributed by atoms with E-state index < -0.39 is 0 Å². The van der Waals surface area contributed by atoms with Crippen molar-refractivity contribution in [2.24, 2.45) is 5.92 Å². The van der Waals surface area contributed by atoms with Crippen LogP contribution in [0.2, 0.25) is 0 Å². The van der Waals surface area contributed by atoms with Crippen molar-refractivity contribution in [2.75, 3.05) is 11.5 Å². The van der Waals surface area contributed by atoms with Gasteiger partial charge in [-0.3, -0.25) is 0 Å².